The molecule has 0 aliphatic carbocycles. The molecular weight excluding hydrogens is 581 g/mol. The highest BCUT2D eigenvalue weighted by Crippen LogP contribution is 2.44. The summed E-state index contributed by atoms with van der Waals surface area (Å²) in [5, 5.41) is 1.99. The van der Waals surface area contributed by atoms with Crippen molar-refractivity contribution in [2.75, 3.05) is 20.3 Å². The van der Waals surface area contributed by atoms with Crippen LogP contribution in [0.5, 0.6) is 11.5 Å². The number of aryl methyl sites for hydroxylation is 1. The Balaban J connectivity index is 1.28. The second-order valence-electron chi connectivity index (χ2n) is 11.2. The summed E-state index contributed by atoms with van der Waals surface area (Å²) in [6, 6.07) is 15.2. The molecule has 43 heavy (non-hydrogen) atoms. The van der Waals surface area contributed by atoms with Crippen molar-refractivity contribution in [3.8, 4) is 11.5 Å². The van der Waals surface area contributed by atoms with Crippen molar-refractivity contribution >= 4 is 19.2 Å². The quantitative estimate of drug-likeness (QED) is 0.0604. The Morgan fingerprint density at radius 1 is 0.837 bits per heavy atom. The smallest absolute Gasteiger partial charge is 0.491 e. The van der Waals surface area contributed by atoms with Gasteiger partial charge in [-0.15, -0.1) is 0 Å². The van der Waals surface area contributed by atoms with Crippen LogP contribution in [0.2, 0.25) is 0 Å². The largest absolute Gasteiger partial charge is 0.527 e. The van der Waals surface area contributed by atoms with Gasteiger partial charge in [-0.3, -0.25) is 9.42 Å². The third kappa shape index (κ3) is 15.4. The van der Waals surface area contributed by atoms with Crippen molar-refractivity contribution in [1.29, 1.82) is 0 Å². The lowest BCUT2D eigenvalue weighted by Gasteiger charge is -2.19. The minimum Gasteiger partial charge on any atom is -0.491 e. The van der Waals surface area contributed by atoms with Gasteiger partial charge in [0.15, 0.2) is 12.7 Å². The van der Waals surface area contributed by atoms with E-state index in [1.165, 1.54) is 89.7 Å². The van der Waals surface area contributed by atoms with Crippen LogP contribution in [0.3, 0.4) is 0 Å². The van der Waals surface area contributed by atoms with E-state index < -0.39 is 13.9 Å². The van der Waals surface area contributed by atoms with Crippen LogP contribution >= 0.6 is 19.2 Å². The molecule has 3 aromatic rings. The first-order chi connectivity index (χ1) is 21.0. The third-order valence-corrected chi connectivity index (χ3v) is 9.03. The summed E-state index contributed by atoms with van der Waals surface area (Å²) >= 11 is 1.60. The molecule has 2 atom stereocenters. The Bertz CT molecular complexity index is 1170. The average Bonchev–Trinajstić information content (AvgIpc) is 3.51. The SMILES string of the molecule is CCCCCCCCCCCCCCc1ccc(OCC(COP(=O)(O)Oc2cccc(C[n+]3ccsc3)c2)OC)cc1. The highest BCUT2D eigenvalue weighted by molar-refractivity contribution is 7.47. The van der Waals surface area contributed by atoms with Gasteiger partial charge in [-0.1, -0.05) is 113 Å². The lowest BCUT2D eigenvalue weighted by Crippen LogP contribution is -2.30. The molecule has 0 aliphatic heterocycles. The average molecular weight is 633 g/mol. The topological polar surface area (TPSA) is 78.1 Å². The summed E-state index contributed by atoms with van der Waals surface area (Å²) in [5.41, 5.74) is 4.25. The molecule has 238 valence electrons. The van der Waals surface area contributed by atoms with Gasteiger partial charge in [0.05, 0.1) is 12.0 Å². The fourth-order valence-corrected chi connectivity index (χ4v) is 6.28. The Labute approximate surface area is 262 Å². The molecule has 3 rings (SSSR count). The monoisotopic (exact) mass is 632 g/mol. The minimum atomic E-state index is -4.34. The normalized spacial score (nSPS) is 13.5. The highest BCUT2D eigenvalue weighted by Gasteiger charge is 2.26. The van der Waals surface area contributed by atoms with Gasteiger partial charge in [0.1, 0.15) is 24.2 Å². The Hall–Kier alpha value is -2.22. The molecule has 9 heteroatoms. The number of nitrogens with zero attached hydrogens (tertiary/aromatic N) is 1. The standard InChI is InChI=1S/C34H50NO6PS/c1-3-4-5-6-7-8-9-10-11-12-13-14-16-30-19-21-32(22-20-30)39-27-34(38-2)28-40-42(36,37)41-33-18-15-17-31(25-33)26-35-23-24-43-29-35/h15,17-25,29,34H,3-14,16,26-28H2,1-2H3/p+1. The van der Waals surface area contributed by atoms with E-state index in [2.05, 4.69) is 19.1 Å². The Kier molecular flexibility index (Phi) is 17.0. The summed E-state index contributed by atoms with van der Waals surface area (Å²) in [4.78, 5) is 10.3. The molecule has 0 fully saturated rings. The number of benzene rings is 2. The Morgan fingerprint density at radius 3 is 2.14 bits per heavy atom. The predicted octanol–water partition coefficient (Wildman–Crippen LogP) is 8.92. The van der Waals surface area contributed by atoms with Crippen LogP contribution in [0.25, 0.3) is 0 Å². The van der Waals surface area contributed by atoms with Crippen molar-refractivity contribution < 1.29 is 32.5 Å². The first-order valence-corrected chi connectivity index (χ1v) is 18.3. The van der Waals surface area contributed by atoms with Gasteiger partial charge in [-0.2, -0.15) is 4.57 Å². The number of hydrogen-bond donors (Lipinski definition) is 1. The molecule has 0 amide bonds. The fourth-order valence-electron chi connectivity index (χ4n) is 4.90. The van der Waals surface area contributed by atoms with Crippen LogP contribution in [0.1, 0.15) is 95.1 Å². The van der Waals surface area contributed by atoms with Gasteiger partial charge in [0.25, 0.3) is 0 Å². The molecule has 0 radical (unpaired) electrons. The predicted molar refractivity (Wildman–Crippen MR) is 174 cm³/mol. The Morgan fingerprint density at radius 2 is 1.51 bits per heavy atom. The number of methoxy groups -OCH3 is 1. The van der Waals surface area contributed by atoms with E-state index in [9.17, 15) is 9.46 Å². The zero-order valence-electron chi connectivity index (χ0n) is 26.0. The van der Waals surface area contributed by atoms with Crippen LogP contribution in [0.15, 0.2) is 65.6 Å². The van der Waals surface area contributed by atoms with Crippen molar-refractivity contribution in [3.05, 3.63) is 76.7 Å². The lowest BCUT2D eigenvalue weighted by atomic mass is 10.0. The van der Waals surface area contributed by atoms with Gasteiger partial charge in [-0.25, -0.2) is 4.57 Å². The summed E-state index contributed by atoms with van der Waals surface area (Å²) in [7, 11) is -2.83. The zero-order chi connectivity index (χ0) is 30.6. The summed E-state index contributed by atoms with van der Waals surface area (Å²) < 4.78 is 36.4. The first kappa shape index (κ1) is 35.3. The maximum absolute atomic E-state index is 12.6. The van der Waals surface area contributed by atoms with Gasteiger partial charge in [-0.05, 0) is 42.7 Å². The van der Waals surface area contributed by atoms with Crippen LogP contribution in [0.4, 0.5) is 0 Å². The molecular formula is C34H51NO6PS+. The molecule has 7 nitrogen and oxygen atoms in total. The van der Waals surface area contributed by atoms with Crippen LogP contribution in [-0.4, -0.2) is 31.3 Å². The number of phosphoric ester groups is 1. The molecule has 1 heterocycles. The van der Waals surface area contributed by atoms with Crippen molar-refractivity contribution in [3.63, 3.8) is 0 Å². The van der Waals surface area contributed by atoms with Crippen molar-refractivity contribution in [2.24, 2.45) is 0 Å². The van der Waals surface area contributed by atoms with Crippen LogP contribution < -0.4 is 13.8 Å². The molecule has 0 saturated heterocycles. The summed E-state index contributed by atoms with van der Waals surface area (Å²) in [6.07, 6.45) is 18.8. The summed E-state index contributed by atoms with van der Waals surface area (Å²) in [5.74, 6) is 0.997. The van der Waals surface area contributed by atoms with Gasteiger partial charge in [0.2, 0.25) is 5.51 Å². The fraction of sp³-hybridized carbons (Fsp3) is 0.559. The third-order valence-electron chi connectivity index (χ3n) is 7.45. The van der Waals surface area contributed by atoms with E-state index in [0.29, 0.717) is 6.54 Å². The van der Waals surface area contributed by atoms with E-state index in [1.54, 1.807) is 29.5 Å². The number of aromatic nitrogens is 1. The first-order valence-electron chi connectivity index (χ1n) is 15.9. The molecule has 0 aliphatic rings. The second kappa shape index (κ2) is 20.7. The number of thiazole rings is 1. The van der Waals surface area contributed by atoms with E-state index in [1.807, 2.05) is 39.9 Å². The maximum Gasteiger partial charge on any atom is 0.527 e. The van der Waals surface area contributed by atoms with Crippen LogP contribution in [0, 0.1) is 0 Å². The van der Waals surface area contributed by atoms with Gasteiger partial charge < -0.3 is 14.0 Å². The molecule has 0 saturated carbocycles. The van der Waals surface area contributed by atoms with E-state index >= 15 is 0 Å². The number of hydrogen-bond acceptors (Lipinski definition) is 6. The molecule has 0 bridgehead atoms. The zero-order valence-corrected chi connectivity index (χ0v) is 27.7. The highest BCUT2D eigenvalue weighted by atomic mass is 32.1. The molecule has 0 spiro atoms. The number of phosphoric acid groups is 1. The van der Waals surface area contributed by atoms with Crippen LogP contribution in [-0.2, 0) is 26.8 Å². The minimum absolute atomic E-state index is 0.147. The van der Waals surface area contributed by atoms with E-state index in [0.717, 1.165) is 17.7 Å². The number of unbranched alkanes of at least 4 members (excludes halogenated alkanes) is 11. The van der Waals surface area contributed by atoms with Crippen molar-refractivity contribution in [1.82, 2.24) is 0 Å². The van der Waals surface area contributed by atoms with Gasteiger partial charge >= 0.3 is 7.82 Å². The molecule has 1 aromatic heterocycles. The van der Waals surface area contributed by atoms with E-state index in [-0.39, 0.29) is 19.0 Å². The maximum atomic E-state index is 12.6. The van der Waals surface area contributed by atoms with E-state index in [4.69, 9.17) is 18.5 Å². The van der Waals surface area contributed by atoms with Crippen molar-refractivity contribution in [2.45, 2.75) is 103 Å². The number of ether oxygens (including phenoxy) is 2. The molecule has 1 N–H and O–H groups in total. The second-order valence-corrected chi connectivity index (χ2v) is 13.3. The molecule has 2 unspecified atom stereocenters. The molecule has 2 aromatic carbocycles. The van der Waals surface area contributed by atoms with Gasteiger partial charge in [0, 0.05) is 12.7 Å². The lowest BCUT2D eigenvalue weighted by molar-refractivity contribution is -0.683. The number of rotatable bonds is 24. The summed E-state index contributed by atoms with van der Waals surface area (Å²) in [6.45, 7) is 2.95.